The van der Waals surface area contributed by atoms with E-state index < -0.39 is 0 Å². The number of aromatic nitrogens is 2. The van der Waals surface area contributed by atoms with Crippen molar-refractivity contribution in [1.82, 2.24) is 20.0 Å². The van der Waals surface area contributed by atoms with Gasteiger partial charge < -0.3 is 9.73 Å². The molecule has 1 unspecified atom stereocenters. The number of nitrogens with one attached hydrogen (secondary N) is 1. The van der Waals surface area contributed by atoms with Crippen LogP contribution in [0.2, 0.25) is 0 Å². The van der Waals surface area contributed by atoms with Crippen molar-refractivity contribution in [2.45, 2.75) is 39.8 Å². The molecule has 0 aliphatic carbocycles. The van der Waals surface area contributed by atoms with E-state index in [4.69, 9.17) is 16.6 Å². The summed E-state index contributed by atoms with van der Waals surface area (Å²) in [6, 6.07) is 8.77. The molecule has 1 fully saturated rings. The molecule has 6 heteroatoms. The van der Waals surface area contributed by atoms with E-state index in [1.165, 1.54) is 11.1 Å². The third kappa shape index (κ3) is 4.77. The summed E-state index contributed by atoms with van der Waals surface area (Å²) in [5, 5.41) is 7.99. The molecule has 2 aromatic rings. The zero-order chi connectivity index (χ0) is 17.8. The van der Waals surface area contributed by atoms with Gasteiger partial charge in [-0.2, -0.15) is 0 Å². The van der Waals surface area contributed by atoms with E-state index in [0.717, 1.165) is 32.6 Å². The Morgan fingerprint density at radius 1 is 1.16 bits per heavy atom. The van der Waals surface area contributed by atoms with Gasteiger partial charge in [0.1, 0.15) is 0 Å². The lowest BCUT2D eigenvalue weighted by molar-refractivity contribution is 0.180. The third-order valence-corrected chi connectivity index (χ3v) is 4.95. The zero-order valence-corrected chi connectivity index (χ0v) is 16.2. The fraction of sp³-hybridized carbons (Fsp3) is 0.579. The first kappa shape index (κ1) is 18.3. The van der Waals surface area contributed by atoms with Crippen LogP contribution in [0.4, 0.5) is 0 Å². The first-order chi connectivity index (χ1) is 12.0. The summed E-state index contributed by atoms with van der Waals surface area (Å²) >= 11 is 5.37. The predicted octanol–water partition coefficient (Wildman–Crippen LogP) is 3.42. The molecule has 1 aliphatic heterocycles. The van der Waals surface area contributed by atoms with Gasteiger partial charge in [0, 0.05) is 26.2 Å². The maximum Gasteiger partial charge on any atom is 0.288 e. The van der Waals surface area contributed by atoms with Crippen LogP contribution in [0.3, 0.4) is 0 Å². The Morgan fingerprint density at radius 2 is 1.84 bits per heavy atom. The normalized spacial score (nSPS) is 17.1. The lowest BCUT2D eigenvalue weighted by atomic mass is 9.97. The van der Waals surface area contributed by atoms with Crippen LogP contribution in [0.1, 0.15) is 43.7 Å². The van der Waals surface area contributed by atoms with Crippen LogP contribution in [0, 0.1) is 10.8 Å². The molecule has 2 heterocycles. The molecule has 25 heavy (non-hydrogen) atoms. The Labute approximate surface area is 155 Å². The van der Waals surface area contributed by atoms with Crippen molar-refractivity contribution in [3.63, 3.8) is 0 Å². The van der Waals surface area contributed by atoms with Crippen LogP contribution >= 0.6 is 12.2 Å². The first-order valence-electron chi connectivity index (χ1n) is 9.12. The molecule has 136 valence electrons. The Morgan fingerprint density at radius 3 is 2.48 bits per heavy atom. The quantitative estimate of drug-likeness (QED) is 0.800. The van der Waals surface area contributed by atoms with E-state index in [1.807, 2.05) is 0 Å². The second kappa shape index (κ2) is 8.25. The van der Waals surface area contributed by atoms with Crippen molar-refractivity contribution in [3.05, 3.63) is 46.1 Å². The Balaban J connectivity index is 1.70. The topological polar surface area (TPSA) is 46.2 Å². The van der Waals surface area contributed by atoms with E-state index >= 15 is 0 Å². The lowest BCUT2D eigenvalue weighted by Crippen LogP contribution is -2.44. The minimum Gasteiger partial charge on any atom is -0.413 e. The van der Waals surface area contributed by atoms with Crippen LogP contribution in [0.15, 0.2) is 28.7 Å². The maximum absolute atomic E-state index is 5.79. The maximum atomic E-state index is 5.79. The van der Waals surface area contributed by atoms with Crippen LogP contribution in [-0.2, 0) is 13.1 Å². The highest BCUT2D eigenvalue weighted by Gasteiger charge is 2.18. The summed E-state index contributed by atoms with van der Waals surface area (Å²) in [5.74, 6) is 1.46. The third-order valence-electron chi connectivity index (χ3n) is 4.66. The number of benzene rings is 1. The molecular weight excluding hydrogens is 332 g/mol. The highest BCUT2D eigenvalue weighted by Crippen LogP contribution is 2.24. The number of rotatable bonds is 6. The second-order valence-electron chi connectivity index (χ2n) is 7.28. The minimum atomic E-state index is 0.0964. The van der Waals surface area contributed by atoms with Crippen LogP contribution < -0.4 is 5.32 Å². The summed E-state index contributed by atoms with van der Waals surface area (Å²) in [6.45, 7) is 11.3. The Bertz CT molecular complexity index is 729. The highest BCUT2D eigenvalue weighted by atomic mass is 32.1. The highest BCUT2D eigenvalue weighted by molar-refractivity contribution is 7.71. The molecule has 1 atom stereocenters. The van der Waals surface area contributed by atoms with Crippen molar-refractivity contribution in [2.75, 3.05) is 26.2 Å². The van der Waals surface area contributed by atoms with Gasteiger partial charge in [-0.25, -0.2) is 4.68 Å². The summed E-state index contributed by atoms with van der Waals surface area (Å²) in [5.41, 5.74) is 2.58. The van der Waals surface area contributed by atoms with Crippen LogP contribution in [0.25, 0.3) is 0 Å². The zero-order valence-electron chi connectivity index (χ0n) is 15.4. The van der Waals surface area contributed by atoms with E-state index in [2.05, 4.69) is 60.4 Å². The molecule has 5 nitrogen and oxygen atoms in total. The van der Waals surface area contributed by atoms with Gasteiger partial charge in [0.2, 0.25) is 5.89 Å². The van der Waals surface area contributed by atoms with Crippen molar-refractivity contribution in [2.24, 2.45) is 5.92 Å². The SMILES string of the molecule is CC(C)Cc1ccc(C(C)c2nn(CN3CCNCC3)c(=S)o2)cc1. The van der Waals surface area contributed by atoms with Crippen LogP contribution in [-0.4, -0.2) is 40.9 Å². The van der Waals surface area contributed by atoms with Crippen molar-refractivity contribution < 1.29 is 4.42 Å². The fourth-order valence-electron chi connectivity index (χ4n) is 3.19. The van der Waals surface area contributed by atoms with E-state index in [9.17, 15) is 0 Å². The molecule has 1 saturated heterocycles. The van der Waals surface area contributed by atoms with Crippen molar-refractivity contribution in [1.29, 1.82) is 0 Å². The molecule has 0 amide bonds. The average molecular weight is 361 g/mol. The standard InChI is InChI=1S/C19H28N4OS/c1-14(2)12-16-4-6-17(7-5-16)15(3)18-21-23(19(25)24-18)13-22-10-8-20-9-11-22/h4-7,14-15,20H,8-13H2,1-3H3. The Hall–Kier alpha value is -1.50. The van der Waals surface area contributed by atoms with Gasteiger partial charge in [-0.3, -0.25) is 4.90 Å². The molecular formula is C19H28N4OS. The Kier molecular flexibility index (Phi) is 6.04. The largest absolute Gasteiger partial charge is 0.413 e. The number of hydrogen-bond donors (Lipinski definition) is 1. The van der Waals surface area contributed by atoms with E-state index in [-0.39, 0.29) is 5.92 Å². The van der Waals surface area contributed by atoms with Gasteiger partial charge in [0.15, 0.2) is 0 Å². The molecule has 1 aromatic heterocycles. The number of hydrogen-bond acceptors (Lipinski definition) is 5. The molecule has 0 spiro atoms. The molecule has 3 rings (SSSR count). The van der Waals surface area contributed by atoms with E-state index in [0.29, 0.717) is 23.3 Å². The smallest absolute Gasteiger partial charge is 0.288 e. The fourth-order valence-corrected chi connectivity index (χ4v) is 3.37. The monoisotopic (exact) mass is 360 g/mol. The number of piperazine rings is 1. The second-order valence-corrected chi connectivity index (χ2v) is 7.63. The summed E-state index contributed by atoms with van der Waals surface area (Å²) in [6.07, 6.45) is 1.11. The number of nitrogens with zero attached hydrogens (tertiary/aromatic N) is 3. The van der Waals surface area contributed by atoms with Gasteiger partial charge in [0.05, 0.1) is 12.6 Å². The van der Waals surface area contributed by atoms with Crippen molar-refractivity contribution in [3.8, 4) is 0 Å². The summed E-state index contributed by atoms with van der Waals surface area (Å²) < 4.78 is 7.60. The van der Waals surface area contributed by atoms with Crippen LogP contribution in [0.5, 0.6) is 0 Å². The summed E-state index contributed by atoms with van der Waals surface area (Å²) in [4.78, 5) is 2.79. The van der Waals surface area contributed by atoms with Gasteiger partial charge in [-0.05, 0) is 42.6 Å². The van der Waals surface area contributed by atoms with Gasteiger partial charge >= 0.3 is 0 Å². The molecule has 0 saturated carbocycles. The van der Waals surface area contributed by atoms with Gasteiger partial charge in [-0.1, -0.05) is 38.1 Å². The molecule has 0 bridgehead atoms. The molecule has 0 radical (unpaired) electrons. The van der Waals surface area contributed by atoms with Gasteiger partial charge in [0.25, 0.3) is 4.84 Å². The summed E-state index contributed by atoms with van der Waals surface area (Å²) in [7, 11) is 0. The predicted molar refractivity (Wildman–Crippen MR) is 102 cm³/mol. The first-order valence-corrected chi connectivity index (χ1v) is 9.53. The van der Waals surface area contributed by atoms with Crippen molar-refractivity contribution >= 4 is 12.2 Å². The van der Waals surface area contributed by atoms with E-state index in [1.54, 1.807) is 4.68 Å². The lowest BCUT2D eigenvalue weighted by Gasteiger charge is -2.26. The minimum absolute atomic E-state index is 0.0964. The molecule has 1 N–H and O–H groups in total. The molecule has 1 aromatic carbocycles. The molecule has 1 aliphatic rings. The van der Waals surface area contributed by atoms with Gasteiger partial charge in [-0.15, -0.1) is 5.10 Å². The average Bonchev–Trinajstić information content (AvgIpc) is 2.96.